The van der Waals surface area contributed by atoms with Crippen LogP contribution in [0.25, 0.3) is 0 Å². The third-order valence-corrected chi connectivity index (χ3v) is 3.73. The first-order valence-corrected chi connectivity index (χ1v) is 8.23. The minimum absolute atomic E-state index is 0.00801. The van der Waals surface area contributed by atoms with Gasteiger partial charge in [-0.2, -0.15) is 0 Å². The zero-order chi connectivity index (χ0) is 17.4. The van der Waals surface area contributed by atoms with E-state index in [9.17, 15) is 4.79 Å². The Kier molecular flexibility index (Phi) is 6.82. The van der Waals surface area contributed by atoms with Gasteiger partial charge in [-0.1, -0.05) is 30.3 Å². The van der Waals surface area contributed by atoms with Gasteiger partial charge in [0, 0.05) is 6.54 Å². The van der Waals surface area contributed by atoms with E-state index in [0.717, 1.165) is 34.4 Å². The number of aliphatic hydroxyl groups is 1. The number of amides is 1. The summed E-state index contributed by atoms with van der Waals surface area (Å²) >= 11 is 0. The number of hydrogen-bond donors (Lipinski definition) is 2. The fraction of sp³-hybridized carbons (Fsp3) is 0.350. The number of aryl methyl sites for hydroxylation is 2. The fourth-order valence-corrected chi connectivity index (χ4v) is 2.52. The van der Waals surface area contributed by atoms with Crippen molar-refractivity contribution in [1.82, 2.24) is 5.32 Å². The molecule has 0 saturated carbocycles. The van der Waals surface area contributed by atoms with Crippen LogP contribution in [0.4, 0.5) is 0 Å². The van der Waals surface area contributed by atoms with Crippen LogP contribution in [0.3, 0.4) is 0 Å². The maximum absolute atomic E-state index is 11.8. The number of hydrogen-bond acceptors (Lipinski definition) is 3. The highest BCUT2D eigenvalue weighted by atomic mass is 16.5. The lowest BCUT2D eigenvalue weighted by Gasteiger charge is -2.09. The largest absolute Gasteiger partial charge is 0.493 e. The molecule has 0 aromatic heterocycles. The standard InChI is InChI=1S/C20H25NO3/c1-15-11-16(2)13-19(12-15)24-10-8-20(23)21-9-7-17-3-5-18(14-22)6-4-17/h3-6,11-13,22H,7-10,14H2,1-2H3,(H,21,23). The number of aliphatic hydroxyl groups excluding tert-OH is 1. The summed E-state index contributed by atoms with van der Waals surface area (Å²) in [4.78, 5) is 11.8. The molecular weight excluding hydrogens is 302 g/mol. The van der Waals surface area contributed by atoms with E-state index in [0.29, 0.717) is 19.6 Å². The van der Waals surface area contributed by atoms with Crippen molar-refractivity contribution in [3.8, 4) is 5.75 Å². The first kappa shape index (κ1) is 18.0. The van der Waals surface area contributed by atoms with Crippen LogP contribution in [0.1, 0.15) is 28.7 Å². The van der Waals surface area contributed by atoms with Crippen LogP contribution in [0.2, 0.25) is 0 Å². The van der Waals surface area contributed by atoms with E-state index in [1.807, 2.05) is 50.2 Å². The molecule has 0 saturated heterocycles. The zero-order valence-electron chi connectivity index (χ0n) is 14.3. The van der Waals surface area contributed by atoms with Crippen molar-refractivity contribution in [3.05, 3.63) is 64.7 Å². The highest BCUT2D eigenvalue weighted by molar-refractivity contribution is 5.75. The Labute approximate surface area is 143 Å². The summed E-state index contributed by atoms with van der Waals surface area (Å²) in [6, 6.07) is 13.8. The Bertz CT molecular complexity index is 645. The molecule has 2 aromatic rings. The van der Waals surface area contributed by atoms with Crippen molar-refractivity contribution < 1.29 is 14.6 Å². The highest BCUT2D eigenvalue weighted by Gasteiger charge is 2.03. The maximum atomic E-state index is 11.8. The molecule has 0 aliphatic rings. The van der Waals surface area contributed by atoms with Crippen LogP contribution in [-0.4, -0.2) is 24.2 Å². The first-order chi connectivity index (χ1) is 11.6. The highest BCUT2D eigenvalue weighted by Crippen LogP contribution is 2.16. The van der Waals surface area contributed by atoms with Crippen molar-refractivity contribution in [3.63, 3.8) is 0 Å². The molecule has 0 radical (unpaired) electrons. The Morgan fingerprint density at radius 2 is 1.67 bits per heavy atom. The molecule has 0 atom stereocenters. The maximum Gasteiger partial charge on any atom is 0.223 e. The minimum atomic E-state index is -0.00801. The molecular formula is C20H25NO3. The quantitative estimate of drug-likeness (QED) is 0.784. The summed E-state index contributed by atoms with van der Waals surface area (Å²) in [6.07, 6.45) is 1.12. The molecule has 24 heavy (non-hydrogen) atoms. The smallest absolute Gasteiger partial charge is 0.223 e. The third-order valence-electron chi connectivity index (χ3n) is 3.73. The van der Waals surface area contributed by atoms with Gasteiger partial charge in [-0.3, -0.25) is 4.79 Å². The molecule has 0 spiro atoms. The summed E-state index contributed by atoms with van der Waals surface area (Å²) in [7, 11) is 0. The van der Waals surface area contributed by atoms with Crippen molar-refractivity contribution in [2.75, 3.05) is 13.2 Å². The van der Waals surface area contributed by atoms with Gasteiger partial charge in [0.15, 0.2) is 0 Å². The summed E-state index contributed by atoms with van der Waals surface area (Å²) < 4.78 is 5.64. The molecule has 2 aromatic carbocycles. The molecule has 0 aliphatic carbocycles. The molecule has 0 heterocycles. The Morgan fingerprint density at radius 3 is 2.29 bits per heavy atom. The SMILES string of the molecule is Cc1cc(C)cc(OCCC(=O)NCCc2ccc(CO)cc2)c1. The molecule has 128 valence electrons. The second kappa shape index (κ2) is 9.08. The van der Waals surface area contributed by atoms with Gasteiger partial charge in [0.2, 0.25) is 5.91 Å². The van der Waals surface area contributed by atoms with Crippen molar-refractivity contribution in [2.24, 2.45) is 0 Å². The normalized spacial score (nSPS) is 10.5. The summed E-state index contributed by atoms with van der Waals surface area (Å²) in [5, 5.41) is 11.9. The lowest BCUT2D eigenvalue weighted by molar-refractivity contribution is -0.121. The van der Waals surface area contributed by atoms with Gasteiger partial charge in [0.1, 0.15) is 5.75 Å². The fourth-order valence-electron chi connectivity index (χ4n) is 2.52. The van der Waals surface area contributed by atoms with Crippen molar-refractivity contribution >= 4 is 5.91 Å². The van der Waals surface area contributed by atoms with Gasteiger partial charge in [0.25, 0.3) is 0 Å². The van der Waals surface area contributed by atoms with E-state index >= 15 is 0 Å². The predicted octanol–water partition coefficient (Wildman–Crippen LogP) is 2.92. The summed E-state index contributed by atoms with van der Waals surface area (Å²) in [5.41, 5.74) is 4.34. The van der Waals surface area contributed by atoms with Gasteiger partial charge in [0.05, 0.1) is 19.6 Å². The lowest BCUT2D eigenvalue weighted by Crippen LogP contribution is -2.27. The average Bonchev–Trinajstić information content (AvgIpc) is 2.54. The Morgan fingerprint density at radius 1 is 1.04 bits per heavy atom. The molecule has 2 N–H and O–H groups in total. The predicted molar refractivity (Wildman–Crippen MR) is 95.1 cm³/mol. The number of carbonyl (C=O) groups excluding carboxylic acids is 1. The van der Waals surface area contributed by atoms with E-state index in [-0.39, 0.29) is 12.5 Å². The Hall–Kier alpha value is -2.33. The van der Waals surface area contributed by atoms with E-state index < -0.39 is 0 Å². The van der Waals surface area contributed by atoms with Crippen molar-refractivity contribution in [1.29, 1.82) is 0 Å². The van der Waals surface area contributed by atoms with Crippen LogP contribution in [0.15, 0.2) is 42.5 Å². The van der Waals surface area contributed by atoms with Crippen LogP contribution < -0.4 is 10.1 Å². The van der Waals surface area contributed by atoms with Crippen LogP contribution in [0.5, 0.6) is 5.75 Å². The Balaban J connectivity index is 1.65. The zero-order valence-corrected chi connectivity index (χ0v) is 14.3. The molecule has 0 aliphatic heterocycles. The van der Waals surface area contributed by atoms with E-state index in [1.54, 1.807) is 0 Å². The van der Waals surface area contributed by atoms with Crippen molar-refractivity contribution in [2.45, 2.75) is 33.3 Å². The molecule has 1 amide bonds. The first-order valence-electron chi connectivity index (χ1n) is 8.23. The van der Waals surface area contributed by atoms with Crippen LogP contribution >= 0.6 is 0 Å². The summed E-state index contributed by atoms with van der Waals surface area (Å²) in [5.74, 6) is 0.802. The molecule has 0 fully saturated rings. The van der Waals surface area contributed by atoms with E-state index in [1.165, 1.54) is 0 Å². The average molecular weight is 327 g/mol. The van der Waals surface area contributed by atoms with Gasteiger partial charge < -0.3 is 15.2 Å². The monoisotopic (exact) mass is 327 g/mol. The van der Waals surface area contributed by atoms with Crippen LogP contribution in [-0.2, 0) is 17.8 Å². The number of carbonyl (C=O) groups is 1. The van der Waals surface area contributed by atoms with Gasteiger partial charge in [-0.25, -0.2) is 0 Å². The molecule has 0 unspecified atom stereocenters. The minimum Gasteiger partial charge on any atom is -0.493 e. The van der Waals surface area contributed by atoms with E-state index in [4.69, 9.17) is 9.84 Å². The molecule has 4 nitrogen and oxygen atoms in total. The van der Waals surface area contributed by atoms with Crippen LogP contribution in [0, 0.1) is 13.8 Å². The number of ether oxygens (including phenoxy) is 1. The van der Waals surface area contributed by atoms with Gasteiger partial charge in [-0.05, 0) is 54.7 Å². The second-order valence-corrected chi connectivity index (χ2v) is 6.00. The van der Waals surface area contributed by atoms with Gasteiger partial charge >= 0.3 is 0 Å². The molecule has 4 heteroatoms. The number of nitrogens with one attached hydrogen (secondary N) is 1. The number of rotatable bonds is 8. The topological polar surface area (TPSA) is 58.6 Å². The summed E-state index contributed by atoms with van der Waals surface area (Å²) in [6.45, 7) is 5.08. The van der Waals surface area contributed by atoms with Gasteiger partial charge in [-0.15, -0.1) is 0 Å². The third kappa shape index (κ3) is 6.05. The van der Waals surface area contributed by atoms with E-state index in [2.05, 4.69) is 11.4 Å². The second-order valence-electron chi connectivity index (χ2n) is 6.00. The molecule has 0 bridgehead atoms. The lowest BCUT2D eigenvalue weighted by atomic mass is 10.1. The molecule has 2 rings (SSSR count). The number of benzene rings is 2.